The van der Waals surface area contributed by atoms with Crippen molar-refractivity contribution in [1.82, 2.24) is 14.9 Å². The zero-order valence-corrected chi connectivity index (χ0v) is 19.0. The second-order valence-electron chi connectivity index (χ2n) is 7.74. The normalized spacial score (nSPS) is 12.6. The predicted octanol–water partition coefficient (Wildman–Crippen LogP) is 4.85. The summed E-state index contributed by atoms with van der Waals surface area (Å²) in [5.74, 6) is -0.968. The molecule has 0 spiro atoms. The SMILES string of the molecule is C[C@H](NC(=O)OC(C)(C)C)c1nc2c(I)cc(F)cc2c(=O)n1-c1cccc(F)c1. The molecule has 0 unspecified atom stereocenters. The molecule has 9 heteroatoms. The molecule has 2 aromatic carbocycles. The van der Waals surface area contributed by atoms with Gasteiger partial charge in [-0.25, -0.2) is 18.6 Å². The van der Waals surface area contributed by atoms with E-state index in [-0.39, 0.29) is 16.9 Å². The Morgan fingerprint density at radius 2 is 1.90 bits per heavy atom. The number of nitrogens with zero attached hydrogens (tertiary/aromatic N) is 2. The van der Waals surface area contributed by atoms with Crippen LogP contribution < -0.4 is 10.9 Å². The minimum Gasteiger partial charge on any atom is -0.444 e. The van der Waals surface area contributed by atoms with Crippen molar-refractivity contribution in [2.75, 3.05) is 0 Å². The number of hydrogen-bond acceptors (Lipinski definition) is 4. The van der Waals surface area contributed by atoms with Crippen molar-refractivity contribution in [3.8, 4) is 5.69 Å². The Balaban J connectivity index is 2.22. The van der Waals surface area contributed by atoms with E-state index >= 15 is 0 Å². The van der Waals surface area contributed by atoms with Crippen LogP contribution >= 0.6 is 22.6 Å². The molecule has 1 N–H and O–H groups in total. The molecule has 1 atom stereocenters. The summed E-state index contributed by atoms with van der Waals surface area (Å²) < 4.78 is 34.7. The number of amides is 1. The van der Waals surface area contributed by atoms with E-state index in [0.717, 1.165) is 6.07 Å². The van der Waals surface area contributed by atoms with Gasteiger partial charge in [-0.15, -0.1) is 0 Å². The third kappa shape index (κ3) is 4.77. The second kappa shape index (κ2) is 8.29. The van der Waals surface area contributed by atoms with Gasteiger partial charge in [-0.3, -0.25) is 9.36 Å². The molecule has 3 rings (SSSR count). The molecule has 158 valence electrons. The highest BCUT2D eigenvalue weighted by atomic mass is 127. The summed E-state index contributed by atoms with van der Waals surface area (Å²) in [6, 6.07) is 6.99. The minimum absolute atomic E-state index is 0.0527. The maximum absolute atomic E-state index is 14.0. The fourth-order valence-corrected chi connectivity index (χ4v) is 3.64. The number of aromatic nitrogens is 2. The Kier molecular flexibility index (Phi) is 6.11. The first-order valence-electron chi connectivity index (χ1n) is 9.13. The van der Waals surface area contributed by atoms with Crippen molar-refractivity contribution < 1.29 is 18.3 Å². The average Bonchev–Trinajstić information content (AvgIpc) is 2.60. The van der Waals surface area contributed by atoms with Crippen LogP contribution in [0.15, 0.2) is 41.2 Å². The summed E-state index contributed by atoms with van der Waals surface area (Å²) >= 11 is 1.89. The maximum atomic E-state index is 14.0. The fraction of sp³-hybridized carbons (Fsp3) is 0.286. The Morgan fingerprint density at radius 1 is 1.20 bits per heavy atom. The van der Waals surface area contributed by atoms with Gasteiger partial charge in [-0.05, 0) is 80.6 Å². The molecule has 0 radical (unpaired) electrons. The number of ether oxygens (including phenoxy) is 1. The van der Waals surface area contributed by atoms with E-state index in [9.17, 15) is 18.4 Å². The van der Waals surface area contributed by atoms with Crippen molar-refractivity contribution in [2.45, 2.75) is 39.3 Å². The molecule has 3 aromatic rings. The number of alkyl carbamates (subject to hydrolysis) is 1. The van der Waals surface area contributed by atoms with Gasteiger partial charge in [-0.1, -0.05) is 6.07 Å². The Hall–Kier alpha value is -2.56. The summed E-state index contributed by atoms with van der Waals surface area (Å²) in [5.41, 5.74) is -0.782. The standard InChI is InChI=1S/C21H20F2IN3O3/c1-11(25-20(29)30-21(2,3)4)18-26-17-15(9-13(23)10-16(17)24)19(28)27(18)14-7-5-6-12(22)8-14/h5-11H,1-4H3,(H,25,29)/t11-/m0/s1. The fourth-order valence-electron chi connectivity index (χ4n) is 2.94. The van der Waals surface area contributed by atoms with Gasteiger partial charge in [0.25, 0.3) is 5.56 Å². The Bertz CT molecular complexity index is 1190. The number of hydrogen-bond donors (Lipinski definition) is 1. The molecule has 1 heterocycles. The maximum Gasteiger partial charge on any atom is 0.408 e. The number of fused-ring (bicyclic) bond motifs is 1. The van der Waals surface area contributed by atoms with E-state index in [1.54, 1.807) is 27.7 Å². The highest BCUT2D eigenvalue weighted by molar-refractivity contribution is 14.1. The molecule has 0 bridgehead atoms. The molecule has 1 amide bonds. The van der Waals surface area contributed by atoms with Gasteiger partial charge >= 0.3 is 6.09 Å². The van der Waals surface area contributed by atoms with E-state index in [4.69, 9.17) is 4.74 Å². The first kappa shape index (κ1) is 22.1. The van der Waals surface area contributed by atoms with Crippen LogP contribution in [0.4, 0.5) is 13.6 Å². The Labute approximate surface area is 185 Å². The molecule has 0 aliphatic carbocycles. The predicted molar refractivity (Wildman–Crippen MR) is 118 cm³/mol. The second-order valence-corrected chi connectivity index (χ2v) is 8.90. The summed E-state index contributed by atoms with van der Waals surface area (Å²) in [5, 5.41) is 2.70. The lowest BCUT2D eigenvalue weighted by molar-refractivity contribution is 0.0505. The van der Waals surface area contributed by atoms with Crippen molar-refractivity contribution in [2.24, 2.45) is 0 Å². The van der Waals surface area contributed by atoms with Crippen LogP contribution in [0.25, 0.3) is 16.6 Å². The van der Waals surface area contributed by atoms with Crippen molar-refractivity contribution in [1.29, 1.82) is 0 Å². The van der Waals surface area contributed by atoms with Crippen molar-refractivity contribution >= 4 is 39.6 Å². The lowest BCUT2D eigenvalue weighted by atomic mass is 10.2. The lowest BCUT2D eigenvalue weighted by Crippen LogP contribution is -2.37. The number of benzene rings is 2. The summed E-state index contributed by atoms with van der Waals surface area (Å²) in [7, 11) is 0. The molecule has 0 fully saturated rings. The first-order chi connectivity index (χ1) is 14.0. The first-order valence-corrected chi connectivity index (χ1v) is 10.2. The van der Waals surface area contributed by atoms with E-state index < -0.39 is 34.9 Å². The van der Waals surface area contributed by atoms with Crippen LogP contribution in [0.2, 0.25) is 0 Å². The summed E-state index contributed by atoms with van der Waals surface area (Å²) in [6.07, 6.45) is -0.691. The van der Waals surface area contributed by atoms with E-state index in [1.165, 1.54) is 34.9 Å². The molecular formula is C21H20F2IN3O3. The van der Waals surface area contributed by atoms with Crippen LogP contribution in [-0.4, -0.2) is 21.2 Å². The van der Waals surface area contributed by atoms with Crippen molar-refractivity contribution in [3.05, 3.63) is 67.8 Å². The van der Waals surface area contributed by atoms with Crippen LogP contribution in [0, 0.1) is 15.2 Å². The van der Waals surface area contributed by atoms with Crippen molar-refractivity contribution in [3.63, 3.8) is 0 Å². The van der Waals surface area contributed by atoms with Gasteiger partial charge in [-0.2, -0.15) is 0 Å². The van der Waals surface area contributed by atoms with E-state index in [1.807, 2.05) is 22.6 Å². The van der Waals surface area contributed by atoms with Gasteiger partial charge in [0.15, 0.2) is 0 Å². The van der Waals surface area contributed by atoms with Crippen LogP contribution in [0.3, 0.4) is 0 Å². The highest BCUT2D eigenvalue weighted by Gasteiger charge is 2.23. The van der Waals surface area contributed by atoms with Gasteiger partial charge in [0.1, 0.15) is 23.1 Å². The van der Waals surface area contributed by atoms with Gasteiger partial charge in [0.05, 0.1) is 22.6 Å². The van der Waals surface area contributed by atoms with E-state index in [0.29, 0.717) is 9.09 Å². The zero-order chi connectivity index (χ0) is 22.2. The number of nitrogens with one attached hydrogen (secondary N) is 1. The smallest absolute Gasteiger partial charge is 0.408 e. The summed E-state index contributed by atoms with van der Waals surface area (Å²) in [4.78, 5) is 30.0. The zero-order valence-electron chi connectivity index (χ0n) is 16.8. The summed E-state index contributed by atoms with van der Waals surface area (Å²) in [6.45, 7) is 6.81. The molecular weight excluding hydrogens is 507 g/mol. The number of carbonyl (C=O) groups is 1. The van der Waals surface area contributed by atoms with E-state index in [2.05, 4.69) is 10.3 Å². The molecule has 0 aliphatic heterocycles. The topological polar surface area (TPSA) is 73.2 Å². The van der Waals surface area contributed by atoms with Crippen LogP contribution in [0.5, 0.6) is 0 Å². The molecule has 0 saturated heterocycles. The number of halogens is 3. The third-order valence-corrected chi connectivity index (χ3v) is 4.93. The largest absolute Gasteiger partial charge is 0.444 e. The molecule has 0 saturated carbocycles. The minimum atomic E-state index is -0.763. The lowest BCUT2D eigenvalue weighted by Gasteiger charge is -2.23. The Morgan fingerprint density at radius 3 is 2.53 bits per heavy atom. The quantitative estimate of drug-likeness (QED) is 0.495. The third-order valence-electron chi connectivity index (χ3n) is 4.10. The number of carbonyl (C=O) groups excluding carboxylic acids is 1. The van der Waals surface area contributed by atoms with Gasteiger partial charge < -0.3 is 10.1 Å². The van der Waals surface area contributed by atoms with Gasteiger partial charge in [0, 0.05) is 3.57 Å². The van der Waals surface area contributed by atoms with Crippen LogP contribution in [-0.2, 0) is 4.74 Å². The van der Waals surface area contributed by atoms with Gasteiger partial charge in [0.2, 0.25) is 0 Å². The molecule has 0 aliphatic rings. The molecule has 6 nitrogen and oxygen atoms in total. The monoisotopic (exact) mass is 527 g/mol. The molecule has 30 heavy (non-hydrogen) atoms. The average molecular weight is 527 g/mol. The highest BCUT2D eigenvalue weighted by Crippen LogP contribution is 2.23. The number of rotatable bonds is 3. The molecule has 1 aromatic heterocycles. The van der Waals surface area contributed by atoms with Crippen LogP contribution in [0.1, 0.15) is 39.6 Å².